The van der Waals surface area contributed by atoms with Crippen molar-refractivity contribution in [2.75, 3.05) is 7.11 Å². The number of phenolic OH excluding ortho intramolecular Hbond substituents is 1. The molecule has 0 saturated carbocycles. The molecule has 1 aliphatic rings. The number of hydrogen-bond donors (Lipinski definition) is 2. The Morgan fingerprint density at radius 3 is 2.62 bits per heavy atom. The zero-order chi connectivity index (χ0) is 24.3. The minimum Gasteiger partial charge on any atom is -0.506 e. The summed E-state index contributed by atoms with van der Waals surface area (Å²) in [5.74, 6) is -1.88. The molecule has 1 aliphatic heterocycles. The molecular formula is C23H19N5O5S. The number of allylic oxidation sites excluding steroid dienone is 1. The molecular weight excluding hydrogens is 458 g/mol. The van der Waals surface area contributed by atoms with E-state index in [9.17, 15) is 18.3 Å². The van der Waals surface area contributed by atoms with Crippen molar-refractivity contribution in [3.05, 3.63) is 83.3 Å². The van der Waals surface area contributed by atoms with Gasteiger partial charge >= 0.3 is 5.91 Å². The van der Waals surface area contributed by atoms with Crippen molar-refractivity contribution in [3.63, 3.8) is 0 Å². The molecule has 3 aromatic rings. The number of carbonyl (C=O) groups excluding carboxylic acids is 1. The zero-order valence-electron chi connectivity index (χ0n) is 18.2. The topological polar surface area (TPSA) is 136 Å². The highest BCUT2D eigenvalue weighted by molar-refractivity contribution is 7.89. The van der Waals surface area contributed by atoms with Crippen molar-refractivity contribution in [1.29, 1.82) is 0 Å². The molecule has 1 amide bonds. The lowest BCUT2D eigenvalue weighted by atomic mass is 10.2. The van der Waals surface area contributed by atoms with Gasteiger partial charge in [0.2, 0.25) is 15.8 Å². The second-order valence-electron chi connectivity index (χ2n) is 7.20. The van der Waals surface area contributed by atoms with E-state index in [1.165, 1.54) is 17.7 Å². The molecule has 0 unspecified atom stereocenters. The molecule has 4 rings (SSSR count). The lowest BCUT2D eigenvalue weighted by molar-refractivity contribution is 0.0969. The molecule has 2 aromatic carbocycles. The fourth-order valence-electron chi connectivity index (χ4n) is 3.26. The molecule has 2 heterocycles. The summed E-state index contributed by atoms with van der Waals surface area (Å²) < 4.78 is 33.9. The molecule has 0 radical (unpaired) electrons. The van der Waals surface area contributed by atoms with Crippen LogP contribution in [0.4, 0.5) is 0 Å². The summed E-state index contributed by atoms with van der Waals surface area (Å²) in [5, 5.41) is 18.5. The molecule has 0 spiro atoms. The van der Waals surface area contributed by atoms with Gasteiger partial charge in [0.1, 0.15) is 17.2 Å². The Morgan fingerprint density at radius 1 is 1.15 bits per heavy atom. The van der Waals surface area contributed by atoms with Gasteiger partial charge in [-0.15, -0.1) is 10.2 Å². The van der Waals surface area contributed by atoms with Crippen molar-refractivity contribution >= 4 is 27.3 Å². The minimum absolute atomic E-state index is 0.0327. The number of phenols is 1. The largest absolute Gasteiger partial charge is 0.506 e. The van der Waals surface area contributed by atoms with Crippen LogP contribution in [0.3, 0.4) is 0 Å². The van der Waals surface area contributed by atoms with Crippen LogP contribution in [0.5, 0.6) is 11.5 Å². The second kappa shape index (κ2) is 9.21. The number of nitrogens with one attached hydrogen (secondary N) is 1. The van der Waals surface area contributed by atoms with Gasteiger partial charge < -0.3 is 9.84 Å². The van der Waals surface area contributed by atoms with Gasteiger partial charge in [0.15, 0.2) is 11.5 Å². The molecule has 0 atom stereocenters. The summed E-state index contributed by atoms with van der Waals surface area (Å²) in [6.45, 7) is 1.74. The van der Waals surface area contributed by atoms with Gasteiger partial charge in [0.05, 0.1) is 12.9 Å². The third kappa shape index (κ3) is 4.67. The third-order valence-corrected chi connectivity index (χ3v) is 5.92. The molecule has 0 fully saturated rings. The molecule has 10 nitrogen and oxygen atoms in total. The summed E-state index contributed by atoms with van der Waals surface area (Å²) in [6, 6.07) is 12.9. The molecule has 1 aromatic heterocycles. The Labute approximate surface area is 195 Å². The molecule has 0 saturated heterocycles. The van der Waals surface area contributed by atoms with Gasteiger partial charge in [-0.3, -0.25) is 9.36 Å². The van der Waals surface area contributed by atoms with Crippen LogP contribution in [-0.2, 0) is 15.8 Å². The van der Waals surface area contributed by atoms with Crippen molar-refractivity contribution in [1.82, 2.24) is 19.5 Å². The van der Waals surface area contributed by atoms with E-state index in [-0.39, 0.29) is 28.7 Å². The number of amides is 1. The summed E-state index contributed by atoms with van der Waals surface area (Å²) in [4.78, 5) is 17.4. The first-order valence-corrected chi connectivity index (χ1v) is 11.6. The zero-order valence-corrected chi connectivity index (χ0v) is 19.0. The Hall–Kier alpha value is -4.43. The molecule has 0 bridgehead atoms. The number of ether oxygens (including phenoxy) is 1. The van der Waals surface area contributed by atoms with Gasteiger partial charge in [0.25, 0.3) is 0 Å². The highest BCUT2D eigenvalue weighted by Gasteiger charge is 2.29. The van der Waals surface area contributed by atoms with Crippen LogP contribution in [0.2, 0.25) is 0 Å². The second-order valence-corrected chi connectivity index (χ2v) is 8.92. The van der Waals surface area contributed by atoms with Crippen LogP contribution in [0.1, 0.15) is 28.9 Å². The van der Waals surface area contributed by atoms with Crippen LogP contribution < -0.4 is 9.46 Å². The Balaban J connectivity index is 1.82. The number of carbonyl (C=O) groups is 1. The maximum atomic E-state index is 13.1. The van der Waals surface area contributed by atoms with Crippen LogP contribution >= 0.6 is 0 Å². The fourth-order valence-corrected chi connectivity index (χ4v) is 4.34. The summed E-state index contributed by atoms with van der Waals surface area (Å²) >= 11 is 0. The normalized spacial score (nSPS) is 12.8. The number of nitrogens with zero attached hydrogens (tertiary/aromatic N) is 4. The van der Waals surface area contributed by atoms with E-state index in [1.54, 1.807) is 55.5 Å². The average molecular weight is 478 g/mol. The number of para-hydroxylation sites is 1. The summed E-state index contributed by atoms with van der Waals surface area (Å²) in [6.07, 6.45) is 1.61. The van der Waals surface area contributed by atoms with E-state index >= 15 is 0 Å². The van der Waals surface area contributed by atoms with E-state index in [0.29, 0.717) is 11.3 Å². The maximum Gasteiger partial charge on any atom is 0.303 e. The van der Waals surface area contributed by atoms with Crippen LogP contribution in [0.15, 0.2) is 71.1 Å². The van der Waals surface area contributed by atoms with E-state index in [1.807, 2.05) is 4.72 Å². The van der Waals surface area contributed by atoms with Crippen LogP contribution in [0, 0.1) is 0 Å². The predicted octanol–water partition coefficient (Wildman–Crippen LogP) is 2.37. The van der Waals surface area contributed by atoms with Crippen molar-refractivity contribution in [2.45, 2.75) is 12.7 Å². The number of benzene rings is 2. The lowest BCUT2D eigenvalue weighted by Crippen LogP contribution is -2.33. The third-order valence-electron chi connectivity index (χ3n) is 4.71. The number of aliphatic imine (C=N–C) groups is 1. The summed E-state index contributed by atoms with van der Waals surface area (Å²) in [7, 11) is -2.69. The Morgan fingerprint density at radius 2 is 1.91 bits per heavy atom. The number of aromatic hydroxyl groups is 1. The number of hydrogen-bond acceptors (Lipinski definition) is 8. The van der Waals surface area contributed by atoms with Gasteiger partial charge in [-0.1, -0.05) is 42.1 Å². The van der Waals surface area contributed by atoms with E-state index < -0.39 is 27.5 Å². The van der Waals surface area contributed by atoms with Crippen LogP contribution in [0.25, 0.3) is 11.4 Å². The van der Waals surface area contributed by atoms with E-state index in [0.717, 1.165) is 0 Å². The number of methoxy groups -OCH3 is 1. The molecule has 11 heteroatoms. The van der Waals surface area contributed by atoms with Crippen molar-refractivity contribution < 1.29 is 23.1 Å². The van der Waals surface area contributed by atoms with Gasteiger partial charge in [-0.2, -0.15) is 0 Å². The highest BCUT2D eigenvalue weighted by atomic mass is 32.2. The number of sulfonamides is 1. The monoisotopic (exact) mass is 477 g/mol. The van der Waals surface area contributed by atoms with Gasteiger partial charge in [-0.25, -0.2) is 18.1 Å². The van der Waals surface area contributed by atoms with E-state index in [2.05, 4.69) is 26.7 Å². The first kappa shape index (κ1) is 22.8. The first-order chi connectivity index (χ1) is 16.3. The highest BCUT2D eigenvalue weighted by Crippen LogP contribution is 2.34. The first-order valence-electron chi connectivity index (χ1n) is 9.97. The minimum atomic E-state index is -4.07. The van der Waals surface area contributed by atoms with Crippen LogP contribution in [-0.4, -0.2) is 47.0 Å². The quantitative estimate of drug-likeness (QED) is 0.499. The van der Waals surface area contributed by atoms with Crippen molar-refractivity contribution in [2.24, 2.45) is 4.99 Å². The standard InChI is InChI=1S/C23H19N5O5S/c1-15-8-6-11-17(24-15)21-25-26-22(28(21)20-18(29)12-7-13-19(20)33-2)23(30)27-34(31,32)14-16-9-4-3-5-10-16/h3-5,7-10,12-13,29H,14H2,1-2H3,(H,27,30). The van der Waals surface area contributed by atoms with Gasteiger partial charge in [0, 0.05) is 11.8 Å². The van der Waals surface area contributed by atoms with E-state index in [4.69, 9.17) is 4.74 Å². The smallest absolute Gasteiger partial charge is 0.303 e. The summed E-state index contributed by atoms with van der Waals surface area (Å²) in [5.41, 5.74) is 6.91. The molecule has 34 heavy (non-hydrogen) atoms. The predicted molar refractivity (Wildman–Crippen MR) is 124 cm³/mol. The molecule has 2 N–H and O–H groups in total. The average Bonchev–Trinajstić information content (AvgIpc) is 3.23. The number of rotatable bonds is 7. The SMILES string of the molecule is COc1cccc(O)c1-n1c(C(=O)NS(=O)(=O)Cc2ccccc2)nnc1C1=C=C=CC(C)=N1. The molecule has 0 aliphatic carbocycles. The Bertz CT molecular complexity index is 1510. The van der Waals surface area contributed by atoms with Gasteiger partial charge in [-0.05, 0) is 30.4 Å². The fraction of sp³-hybridized carbons (Fsp3) is 0.130. The molecule has 172 valence electrons. The maximum absolute atomic E-state index is 13.1. The lowest BCUT2D eigenvalue weighted by Gasteiger charge is -2.15. The van der Waals surface area contributed by atoms with Crippen molar-refractivity contribution in [3.8, 4) is 17.2 Å². The Kier molecular flexibility index (Phi) is 6.16. The number of aromatic nitrogens is 3.